The van der Waals surface area contributed by atoms with Crippen molar-refractivity contribution in [1.29, 1.82) is 0 Å². The van der Waals surface area contributed by atoms with Crippen molar-refractivity contribution in [3.05, 3.63) is 52.0 Å². The zero-order chi connectivity index (χ0) is 14.9. The maximum atomic E-state index is 13.7. The second-order valence-corrected chi connectivity index (χ2v) is 4.89. The Morgan fingerprint density at radius 3 is 2.45 bits per heavy atom. The molecule has 7 heteroatoms. The molecule has 0 aliphatic carbocycles. The fourth-order valence-corrected chi connectivity index (χ4v) is 1.96. The van der Waals surface area contributed by atoms with Crippen LogP contribution in [0.25, 0.3) is 0 Å². The molecule has 0 bridgehead atoms. The second kappa shape index (κ2) is 5.46. The van der Waals surface area contributed by atoms with E-state index in [0.717, 1.165) is 12.1 Å². The summed E-state index contributed by atoms with van der Waals surface area (Å²) < 4.78 is 27.2. The van der Waals surface area contributed by atoms with Gasteiger partial charge in [0.15, 0.2) is 0 Å². The molecule has 0 heterocycles. The van der Waals surface area contributed by atoms with E-state index in [9.17, 15) is 13.6 Å². The molecule has 2 aromatic carbocycles. The van der Waals surface area contributed by atoms with Gasteiger partial charge in [0.2, 0.25) is 0 Å². The number of carbonyl (C=O) groups excluding carboxylic acids is 1. The Kier molecular flexibility index (Phi) is 3.89. The minimum atomic E-state index is -0.703. The molecule has 104 valence electrons. The van der Waals surface area contributed by atoms with Gasteiger partial charge in [-0.25, -0.2) is 8.78 Å². The standard InChI is InChI=1S/C13H10BrF2N3O/c14-8-4-10(16)12(5-9(8)15)19-11-3-6(17)1-2-7(11)13(18)20/h1-5,19H,17H2,(H2,18,20). The topological polar surface area (TPSA) is 81.1 Å². The second-order valence-electron chi connectivity index (χ2n) is 4.04. The molecule has 1 amide bonds. The summed E-state index contributed by atoms with van der Waals surface area (Å²) in [4.78, 5) is 11.3. The molecular weight excluding hydrogens is 332 g/mol. The van der Waals surface area contributed by atoms with Gasteiger partial charge in [-0.15, -0.1) is 0 Å². The molecule has 20 heavy (non-hydrogen) atoms. The first-order valence-corrected chi connectivity index (χ1v) is 6.28. The number of amides is 1. The molecule has 0 unspecified atom stereocenters. The maximum absolute atomic E-state index is 13.7. The van der Waals surface area contributed by atoms with Crippen LogP contribution < -0.4 is 16.8 Å². The van der Waals surface area contributed by atoms with Crippen molar-refractivity contribution in [3.63, 3.8) is 0 Å². The Morgan fingerprint density at radius 2 is 1.80 bits per heavy atom. The van der Waals surface area contributed by atoms with Crippen LogP contribution in [-0.2, 0) is 0 Å². The van der Waals surface area contributed by atoms with Gasteiger partial charge in [0.05, 0.1) is 21.4 Å². The van der Waals surface area contributed by atoms with Crippen LogP contribution in [0.3, 0.4) is 0 Å². The van der Waals surface area contributed by atoms with Crippen molar-refractivity contribution in [2.45, 2.75) is 0 Å². The Morgan fingerprint density at radius 1 is 1.10 bits per heavy atom. The number of primary amides is 1. The maximum Gasteiger partial charge on any atom is 0.250 e. The number of nitrogens with one attached hydrogen (secondary N) is 1. The van der Waals surface area contributed by atoms with Crippen LogP contribution in [0, 0.1) is 11.6 Å². The van der Waals surface area contributed by atoms with Crippen molar-refractivity contribution in [2.24, 2.45) is 5.73 Å². The van der Waals surface area contributed by atoms with E-state index in [4.69, 9.17) is 11.5 Å². The Labute approximate surface area is 121 Å². The van der Waals surface area contributed by atoms with Gasteiger partial charge < -0.3 is 16.8 Å². The van der Waals surface area contributed by atoms with E-state index in [0.29, 0.717) is 5.69 Å². The summed E-state index contributed by atoms with van der Waals surface area (Å²) in [6.07, 6.45) is 0. The Balaban J connectivity index is 2.47. The summed E-state index contributed by atoms with van der Waals surface area (Å²) in [7, 11) is 0. The molecular formula is C13H10BrF2N3O. The molecule has 0 radical (unpaired) electrons. The summed E-state index contributed by atoms with van der Waals surface area (Å²) in [5, 5.41) is 2.61. The smallest absolute Gasteiger partial charge is 0.250 e. The number of nitrogens with two attached hydrogens (primary N) is 2. The first-order chi connectivity index (χ1) is 9.38. The highest BCUT2D eigenvalue weighted by Crippen LogP contribution is 2.28. The molecule has 0 saturated carbocycles. The molecule has 0 aliphatic heterocycles. The van der Waals surface area contributed by atoms with Crippen LogP contribution in [-0.4, -0.2) is 5.91 Å². The van der Waals surface area contributed by atoms with Crippen LogP contribution >= 0.6 is 15.9 Å². The molecule has 2 rings (SSSR count). The van der Waals surface area contributed by atoms with Gasteiger partial charge in [-0.1, -0.05) is 0 Å². The van der Waals surface area contributed by atoms with Crippen LogP contribution in [0.1, 0.15) is 10.4 Å². The summed E-state index contributed by atoms with van der Waals surface area (Å²) in [5.41, 5.74) is 11.4. The van der Waals surface area contributed by atoms with Crippen molar-refractivity contribution < 1.29 is 13.6 Å². The number of hydrogen-bond acceptors (Lipinski definition) is 3. The van der Waals surface area contributed by atoms with Crippen LogP contribution in [0.4, 0.5) is 25.8 Å². The van der Waals surface area contributed by atoms with E-state index in [1.165, 1.54) is 18.2 Å². The lowest BCUT2D eigenvalue weighted by Gasteiger charge is -2.12. The average Bonchev–Trinajstić information content (AvgIpc) is 2.35. The number of nitrogen functional groups attached to an aromatic ring is 1. The quantitative estimate of drug-likeness (QED) is 0.592. The highest BCUT2D eigenvalue weighted by Gasteiger charge is 2.13. The van der Waals surface area contributed by atoms with Gasteiger partial charge in [-0.05, 0) is 40.2 Å². The predicted octanol–water partition coefficient (Wildman–Crippen LogP) is 3.15. The highest BCUT2D eigenvalue weighted by molar-refractivity contribution is 9.10. The molecule has 5 N–H and O–H groups in total. The molecule has 2 aromatic rings. The number of anilines is 3. The number of halogens is 3. The van der Waals surface area contributed by atoms with Crippen molar-refractivity contribution in [1.82, 2.24) is 0 Å². The first kappa shape index (κ1) is 14.3. The summed E-state index contributed by atoms with van der Waals surface area (Å²) in [5.74, 6) is -2.03. The summed E-state index contributed by atoms with van der Waals surface area (Å²) in [6.45, 7) is 0. The number of benzene rings is 2. The zero-order valence-electron chi connectivity index (χ0n) is 10.1. The molecule has 0 atom stereocenters. The van der Waals surface area contributed by atoms with E-state index < -0.39 is 17.5 Å². The van der Waals surface area contributed by atoms with Crippen molar-refractivity contribution in [2.75, 3.05) is 11.1 Å². The van der Waals surface area contributed by atoms with E-state index >= 15 is 0 Å². The van der Waals surface area contributed by atoms with E-state index in [-0.39, 0.29) is 21.4 Å². The SMILES string of the molecule is NC(=O)c1ccc(N)cc1Nc1cc(F)c(Br)cc1F. The summed E-state index contributed by atoms with van der Waals surface area (Å²) in [6, 6.07) is 6.26. The largest absolute Gasteiger partial charge is 0.399 e. The van der Waals surface area contributed by atoms with E-state index in [1.807, 2.05) is 0 Å². The number of hydrogen-bond donors (Lipinski definition) is 3. The highest BCUT2D eigenvalue weighted by atomic mass is 79.9. The fraction of sp³-hybridized carbons (Fsp3) is 0. The normalized spacial score (nSPS) is 10.3. The van der Waals surface area contributed by atoms with Gasteiger partial charge in [0.1, 0.15) is 11.6 Å². The summed E-state index contributed by atoms with van der Waals surface area (Å²) >= 11 is 2.88. The van der Waals surface area contributed by atoms with Gasteiger partial charge in [-0.2, -0.15) is 0 Å². The van der Waals surface area contributed by atoms with E-state index in [2.05, 4.69) is 21.2 Å². The third-order valence-electron chi connectivity index (χ3n) is 2.59. The van der Waals surface area contributed by atoms with Gasteiger partial charge in [0.25, 0.3) is 5.91 Å². The number of rotatable bonds is 3. The molecule has 4 nitrogen and oxygen atoms in total. The Bertz CT molecular complexity index is 692. The molecule has 0 aliphatic rings. The lowest BCUT2D eigenvalue weighted by atomic mass is 10.1. The lowest BCUT2D eigenvalue weighted by Crippen LogP contribution is -2.13. The van der Waals surface area contributed by atoms with Crippen molar-refractivity contribution >= 4 is 38.9 Å². The van der Waals surface area contributed by atoms with Crippen LogP contribution in [0.2, 0.25) is 0 Å². The third-order valence-corrected chi connectivity index (χ3v) is 3.20. The van der Waals surface area contributed by atoms with Crippen LogP contribution in [0.5, 0.6) is 0 Å². The molecule has 0 aromatic heterocycles. The van der Waals surface area contributed by atoms with Crippen LogP contribution in [0.15, 0.2) is 34.8 Å². The molecule has 0 spiro atoms. The molecule has 0 fully saturated rings. The minimum absolute atomic E-state index is 0.00301. The number of carbonyl (C=O) groups is 1. The zero-order valence-corrected chi connectivity index (χ0v) is 11.7. The average molecular weight is 342 g/mol. The van der Waals surface area contributed by atoms with Gasteiger partial charge in [-0.3, -0.25) is 4.79 Å². The monoisotopic (exact) mass is 341 g/mol. The van der Waals surface area contributed by atoms with Gasteiger partial charge in [0, 0.05) is 11.8 Å². The van der Waals surface area contributed by atoms with Gasteiger partial charge >= 0.3 is 0 Å². The fourth-order valence-electron chi connectivity index (χ4n) is 1.64. The first-order valence-electron chi connectivity index (χ1n) is 5.49. The Hall–Kier alpha value is -2.15. The molecule has 0 saturated heterocycles. The minimum Gasteiger partial charge on any atom is -0.399 e. The third kappa shape index (κ3) is 2.88. The predicted molar refractivity (Wildman–Crippen MR) is 76.7 cm³/mol. The lowest BCUT2D eigenvalue weighted by molar-refractivity contribution is 0.100. The van der Waals surface area contributed by atoms with Crippen molar-refractivity contribution in [3.8, 4) is 0 Å². The van der Waals surface area contributed by atoms with E-state index in [1.54, 1.807) is 0 Å².